The van der Waals surface area contributed by atoms with Gasteiger partial charge in [0.25, 0.3) is 8.32 Å². The van der Waals surface area contributed by atoms with Gasteiger partial charge >= 0.3 is 5.97 Å². The summed E-state index contributed by atoms with van der Waals surface area (Å²) in [5, 5.41) is 25.3. The number of aliphatic hydroxyl groups is 2. The monoisotopic (exact) mass is 702 g/mol. The molecule has 0 saturated carbocycles. The highest BCUT2D eigenvalue weighted by molar-refractivity contribution is 6.99. The molecule has 6 atom stereocenters. The van der Waals surface area contributed by atoms with Gasteiger partial charge in [-0.25, -0.2) is 4.79 Å². The Morgan fingerprint density at radius 1 is 0.920 bits per heavy atom. The van der Waals surface area contributed by atoms with Crippen LogP contribution >= 0.6 is 0 Å². The van der Waals surface area contributed by atoms with E-state index in [1.165, 1.54) is 16.4 Å². The number of carbonyl (C=O) groups excluding carboxylic acids is 1. The van der Waals surface area contributed by atoms with Crippen molar-refractivity contribution in [2.75, 3.05) is 0 Å². The highest BCUT2D eigenvalue weighted by Gasteiger charge is 2.52. The number of fused-ring (bicyclic) bond motifs is 2. The quantitative estimate of drug-likeness (QED) is 0.125. The van der Waals surface area contributed by atoms with Crippen LogP contribution in [0.2, 0.25) is 5.04 Å². The maximum atomic E-state index is 13.6. The summed E-state index contributed by atoms with van der Waals surface area (Å²) < 4.78 is 20.3. The fraction of sp³-hybridized carbons (Fsp3) is 0.558. The van der Waals surface area contributed by atoms with Gasteiger partial charge in [-0.1, -0.05) is 134 Å². The van der Waals surface area contributed by atoms with Gasteiger partial charge < -0.3 is 24.1 Å². The molecule has 2 aromatic carbocycles. The fourth-order valence-corrected chi connectivity index (χ4v) is 12.6. The number of esters is 1. The van der Waals surface area contributed by atoms with Crippen LogP contribution in [-0.4, -0.2) is 55.0 Å². The van der Waals surface area contributed by atoms with E-state index in [4.69, 9.17) is 13.9 Å². The van der Waals surface area contributed by atoms with Crippen LogP contribution in [0.5, 0.6) is 0 Å². The summed E-state index contributed by atoms with van der Waals surface area (Å²) in [6, 6.07) is 21.2. The van der Waals surface area contributed by atoms with Crippen LogP contribution in [0, 0.1) is 11.3 Å². The zero-order valence-corrected chi connectivity index (χ0v) is 32.9. The second kappa shape index (κ2) is 17.0. The number of cyclic esters (lactones) is 1. The van der Waals surface area contributed by atoms with Crippen molar-refractivity contribution in [1.82, 2.24) is 0 Å². The van der Waals surface area contributed by atoms with E-state index in [0.717, 1.165) is 36.8 Å². The lowest BCUT2D eigenvalue weighted by Crippen LogP contribution is -2.68. The molecular weight excluding hydrogens is 641 g/mol. The second-order valence-electron chi connectivity index (χ2n) is 16.2. The lowest BCUT2D eigenvalue weighted by Gasteiger charge is -2.47. The Labute approximate surface area is 302 Å². The van der Waals surface area contributed by atoms with E-state index in [1.54, 1.807) is 0 Å². The molecule has 4 rings (SSSR count). The van der Waals surface area contributed by atoms with Gasteiger partial charge in [0.1, 0.15) is 18.0 Å². The van der Waals surface area contributed by atoms with Crippen LogP contribution in [0.1, 0.15) is 107 Å². The van der Waals surface area contributed by atoms with Crippen LogP contribution in [0.25, 0.3) is 0 Å². The van der Waals surface area contributed by atoms with E-state index in [-0.39, 0.29) is 29.3 Å². The summed E-state index contributed by atoms with van der Waals surface area (Å²) in [5.74, 6) is -0.131. The van der Waals surface area contributed by atoms with E-state index in [0.29, 0.717) is 25.0 Å². The Hall–Kier alpha value is -2.97. The zero-order chi connectivity index (χ0) is 36.7. The third kappa shape index (κ3) is 9.27. The van der Waals surface area contributed by atoms with Crippen molar-refractivity contribution in [3.05, 3.63) is 95.8 Å². The summed E-state index contributed by atoms with van der Waals surface area (Å²) in [6.07, 6.45) is 8.23. The number of carbonyl (C=O) groups is 1. The lowest BCUT2D eigenvalue weighted by molar-refractivity contribution is -0.143. The predicted molar refractivity (Wildman–Crippen MR) is 206 cm³/mol. The molecule has 0 amide bonds. The zero-order valence-electron chi connectivity index (χ0n) is 31.9. The molecule has 0 aromatic heterocycles. The van der Waals surface area contributed by atoms with Crippen LogP contribution in [-0.2, 0) is 18.7 Å². The van der Waals surface area contributed by atoms with Gasteiger partial charge in [0.15, 0.2) is 0 Å². The third-order valence-electron chi connectivity index (χ3n) is 10.8. The molecule has 6 nitrogen and oxygen atoms in total. The minimum Gasteiger partial charge on any atom is -0.490 e. The van der Waals surface area contributed by atoms with Gasteiger partial charge in [0.2, 0.25) is 0 Å². The molecule has 274 valence electrons. The molecule has 1 fully saturated rings. The molecular formula is C43H62O6Si. The number of hydrogen-bond acceptors (Lipinski definition) is 6. The Morgan fingerprint density at radius 2 is 1.52 bits per heavy atom. The Kier molecular flexibility index (Phi) is 13.6. The summed E-state index contributed by atoms with van der Waals surface area (Å²) in [7, 11) is -2.90. The Morgan fingerprint density at radius 3 is 2.08 bits per heavy atom. The Bertz CT molecular complexity index is 1450. The Balaban J connectivity index is 1.81. The average Bonchev–Trinajstić information content (AvgIpc) is 3.08. The highest BCUT2D eigenvalue weighted by Crippen LogP contribution is 2.41. The highest BCUT2D eigenvalue weighted by atomic mass is 28.4. The standard InChI is InChI=1S/C43H62O6Si/c1-10-11-14-19-33-25-24-30(2)40(45)43(8,9)41(46)32(4)26-31(3)38-28-35(27-34(47-38)29-39(44)48-33)49-50(42(5,6)7,36-20-15-12-16-21-36)37-22-17-13-18-23-37/h12-13,15-18,20-24,26,29,32-33,35,38,40-41,45-46H,10-11,14,19,25,27-28H2,1-9H3/b30-24+,31-26+,34-29-/t32-,33+,35+,38-,40+,41-/m0/s1. The van der Waals surface area contributed by atoms with Crippen LogP contribution in [0.3, 0.4) is 0 Å². The topological polar surface area (TPSA) is 85.2 Å². The van der Waals surface area contributed by atoms with Crippen LogP contribution < -0.4 is 10.4 Å². The normalized spacial score (nSPS) is 30.1. The molecule has 0 aliphatic carbocycles. The second-order valence-corrected chi connectivity index (χ2v) is 20.5. The van der Waals surface area contributed by atoms with Gasteiger partial charge in [-0.2, -0.15) is 0 Å². The number of unbranched alkanes of at least 4 members (excludes halogenated alkanes) is 2. The smallest absolute Gasteiger partial charge is 0.334 e. The minimum absolute atomic E-state index is 0.215. The van der Waals surface area contributed by atoms with Crippen molar-refractivity contribution in [3.63, 3.8) is 0 Å². The van der Waals surface area contributed by atoms with E-state index in [2.05, 4.69) is 82.3 Å². The van der Waals surface area contributed by atoms with Gasteiger partial charge in [0.05, 0.1) is 24.4 Å². The van der Waals surface area contributed by atoms with Gasteiger partial charge in [-0.15, -0.1) is 0 Å². The maximum Gasteiger partial charge on any atom is 0.334 e. The van der Waals surface area contributed by atoms with Crippen molar-refractivity contribution >= 4 is 24.7 Å². The van der Waals surface area contributed by atoms with Crippen molar-refractivity contribution in [2.45, 2.75) is 143 Å². The first-order valence-corrected chi connectivity index (χ1v) is 20.6. The molecule has 0 spiro atoms. The van der Waals surface area contributed by atoms with Crippen molar-refractivity contribution in [3.8, 4) is 0 Å². The maximum absolute atomic E-state index is 13.6. The largest absolute Gasteiger partial charge is 0.490 e. The van der Waals surface area contributed by atoms with Gasteiger partial charge in [-0.3, -0.25) is 0 Å². The van der Waals surface area contributed by atoms with Gasteiger partial charge in [0, 0.05) is 30.6 Å². The third-order valence-corrected chi connectivity index (χ3v) is 15.9. The van der Waals surface area contributed by atoms with Gasteiger partial charge in [-0.05, 0) is 53.2 Å². The molecule has 0 unspecified atom stereocenters. The molecule has 2 N–H and O–H groups in total. The summed E-state index contributed by atoms with van der Waals surface area (Å²) in [6.45, 7) is 18.7. The lowest BCUT2D eigenvalue weighted by atomic mass is 9.73. The molecule has 2 aliphatic heterocycles. The predicted octanol–water partition coefficient (Wildman–Crippen LogP) is 8.17. The number of benzene rings is 2. The number of ether oxygens (including phenoxy) is 2. The molecule has 2 heterocycles. The summed E-state index contributed by atoms with van der Waals surface area (Å²) in [4.78, 5) is 13.6. The van der Waals surface area contributed by atoms with Crippen LogP contribution in [0.4, 0.5) is 0 Å². The number of hydrogen-bond donors (Lipinski definition) is 2. The first-order valence-electron chi connectivity index (χ1n) is 18.7. The first-order chi connectivity index (χ1) is 23.6. The average molecular weight is 703 g/mol. The summed E-state index contributed by atoms with van der Waals surface area (Å²) in [5.41, 5.74) is 0.899. The summed E-state index contributed by atoms with van der Waals surface area (Å²) >= 11 is 0. The van der Waals surface area contributed by atoms with Crippen molar-refractivity contribution < 1.29 is 28.9 Å². The molecule has 1 saturated heterocycles. The molecule has 2 aromatic rings. The van der Waals surface area contributed by atoms with E-state index in [1.807, 2.05) is 52.8 Å². The van der Waals surface area contributed by atoms with E-state index in [9.17, 15) is 15.0 Å². The van der Waals surface area contributed by atoms with Crippen molar-refractivity contribution in [2.24, 2.45) is 11.3 Å². The van der Waals surface area contributed by atoms with E-state index >= 15 is 0 Å². The number of aliphatic hydroxyl groups excluding tert-OH is 2. The minimum atomic E-state index is -2.90. The molecule has 50 heavy (non-hydrogen) atoms. The SMILES string of the molecule is CCCCC[C@@H]1C/C=C(\C)[C@@H](O)C(C)(C)[C@@H](O)[C@@H](C)/C=C(\C)[C@@H]2C[C@H](O[Si](c3ccccc3)(c3ccccc3)C(C)(C)C)C/C(=C/C(=O)O1)O2. The molecule has 0 radical (unpaired) electrons. The molecule has 2 bridgehead atoms. The fourth-order valence-electron chi connectivity index (χ4n) is 7.87. The van der Waals surface area contributed by atoms with Crippen LogP contribution in [0.15, 0.2) is 95.8 Å². The number of rotatable bonds is 8. The first kappa shape index (κ1) is 39.8. The molecule has 2 aliphatic rings. The molecule has 7 heteroatoms. The van der Waals surface area contributed by atoms with E-state index < -0.39 is 31.9 Å². The van der Waals surface area contributed by atoms with Crippen molar-refractivity contribution in [1.29, 1.82) is 0 Å².